The molecule has 0 bridgehead atoms. The first kappa shape index (κ1) is 25.0. The number of pyridine rings is 1. The van der Waals surface area contributed by atoms with Crippen LogP contribution >= 0.6 is 0 Å². The minimum Gasteiger partial charge on any atom is -0.478 e. The van der Waals surface area contributed by atoms with E-state index >= 15 is 0 Å². The molecular weight excluding hydrogens is 505 g/mol. The summed E-state index contributed by atoms with van der Waals surface area (Å²) in [6, 6.07) is 30.6. The maximum atomic E-state index is 13.6. The molecule has 0 saturated heterocycles. The lowest BCUT2D eigenvalue weighted by molar-refractivity contribution is 0.0696. The van der Waals surface area contributed by atoms with Gasteiger partial charge in [0, 0.05) is 24.9 Å². The van der Waals surface area contributed by atoms with Crippen LogP contribution in [0.15, 0.2) is 109 Å². The molecule has 0 spiro atoms. The van der Waals surface area contributed by atoms with E-state index in [4.69, 9.17) is 5.11 Å². The molecule has 0 aliphatic heterocycles. The summed E-state index contributed by atoms with van der Waals surface area (Å²) in [5, 5.41) is 13.9. The minimum absolute atomic E-state index is 0.189. The first-order chi connectivity index (χ1) is 19.4. The third-order valence-electron chi connectivity index (χ3n) is 6.93. The molecule has 0 radical (unpaired) electrons. The zero-order chi connectivity index (χ0) is 27.6. The van der Waals surface area contributed by atoms with Crippen molar-refractivity contribution in [3.05, 3.63) is 143 Å². The molecule has 0 saturated carbocycles. The van der Waals surface area contributed by atoms with Crippen LogP contribution < -0.4 is 5.32 Å². The molecule has 2 aromatic heterocycles. The van der Waals surface area contributed by atoms with E-state index in [0.717, 1.165) is 38.7 Å². The van der Waals surface area contributed by atoms with Crippen LogP contribution in [0.25, 0.3) is 27.5 Å². The summed E-state index contributed by atoms with van der Waals surface area (Å²) < 4.78 is 15.5. The second-order valence-electron chi connectivity index (χ2n) is 9.63. The number of aromatic nitrogens is 2. The highest BCUT2D eigenvalue weighted by molar-refractivity contribution is 5.95. The number of nitrogens with one attached hydrogen (secondary N) is 1. The van der Waals surface area contributed by atoms with Gasteiger partial charge in [-0.05, 0) is 69.4 Å². The predicted molar refractivity (Wildman–Crippen MR) is 152 cm³/mol. The van der Waals surface area contributed by atoms with Crippen molar-refractivity contribution < 1.29 is 19.1 Å². The highest BCUT2D eigenvalue weighted by atomic mass is 19.1. The number of benzene rings is 4. The fraction of sp³-hybridized carbons (Fsp3) is 0.0606. The van der Waals surface area contributed by atoms with Crippen LogP contribution in [-0.4, -0.2) is 26.4 Å². The number of hydrogen-bond donors (Lipinski definition) is 2. The number of aromatic carboxylic acids is 1. The third-order valence-corrected chi connectivity index (χ3v) is 6.93. The number of halogens is 1. The molecule has 2 N–H and O–H groups in total. The van der Waals surface area contributed by atoms with Crippen molar-refractivity contribution in [3.63, 3.8) is 0 Å². The topological polar surface area (TPSA) is 83.7 Å². The Morgan fingerprint density at radius 3 is 2.30 bits per heavy atom. The SMILES string of the molecule is O=C(O)c1ccc(CNC(=O)c2cc(-c3ccccc3)cc3ncc(Cc4ccc5cc(F)ccc5c4)n23)cc1. The maximum absolute atomic E-state index is 13.6. The van der Waals surface area contributed by atoms with Gasteiger partial charge in [0.05, 0.1) is 5.56 Å². The average Bonchev–Trinajstić information content (AvgIpc) is 3.38. The highest BCUT2D eigenvalue weighted by Gasteiger charge is 2.17. The Hall–Kier alpha value is -5.30. The summed E-state index contributed by atoms with van der Waals surface area (Å²) in [5.41, 5.74) is 5.75. The van der Waals surface area contributed by atoms with Gasteiger partial charge in [-0.1, -0.05) is 66.7 Å². The maximum Gasteiger partial charge on any atom is 0.335 e. The molecule has 0 fully saturated rings. The lowest BCUT2D eigenvalue weighted by Gasteiger charge is -2.13. The quantitative estimate of drug-likeness (QED) is 0.247. The monoisotopic (exact) mass is 529 g/mol. The summed E-state index contributed by atoms with van der Waals surface area (Å²) in [6.45, 7) is 0.237. The average molecular weight is 530 g/mol. The predicted octanol–water partition coefficient (Wildman–Crippen LogP) is 6.51. The molecule has 196 valence electrons. The van der Waals surface area contributed by atoms with Gasteiger partial charge in [0.1, 0.15) is 17.2 Å². The molecule has 0 unspecified atom stereocenters. The lowest BCUT2D eigenvalue weighted by Crippen LogP contribution is -2.25. The van der Waals surface area contributed by atoms with Crippen LogP contribution in [-0.2, 0) is 13.0 Å². The van der Waals surface area contributed by atoms with E-state index in [0.29, 0.717) is 17.8 Å². The van der Waals surface area contributed by atoms with E-state index in [9.17, 15) is 14.0 Å². The van der Waals surface area contributed by atoms with Gasteiger partial charge in [0.25, 0.3) is 5.91 Å². The Labute approximate surface area is 229 Å². The Bertz CT molecular complexity index is 1880. The first-order valence-corrected chi connectivity index (χ1v) is 12.8. The molecule has 6 nitrogen and oxygen atoms in total. The van der Waals surface area contributed by atoms with Gasteiger partial charge in [-0.15, -0.1) is 0 Å². The van der Waals surface area contributed by atoms with Crippen molar-refractivity contribution in [3.8, 4) is 11.1 Å². The molecule has 1 amide bonds. The normalized spacial score (nSPS) is 11.1. The van der Waals surface area contributed by atoms with Crippen molar-refractivity contribution >= 4 is 28.3 Å². The number of fused-ring (bicyclic) bond motifs is 2. The summed E-state index contributed by atoms with van der Waals surface area (Å²) >= 11 is 0. The van der Waals surface area contributed by atoms with E-state index in [2.05, 4.69) is 10.3 Å². The summed E-state index contributed by atoms with van der Waals surface area (Å²) in [7, 11) is 0. The van der Waals surface area contributed by atoms with Crippen LogP contribution in [0.4, 0.5) is 4.39 Å². The molecule has 0 atom stereocenters. The van der Waals surface area contributed by atoms with Gasteiger partial charge in [-0.3, -0.25) is 9.20 Å². The fourth-order valence-electron chi connectivity index (χ4n) is 4.89. The molecule has 40 heavy (non-hydrogen) atoms. The Balaban J connectivity index is 1.36. The number of rotatable bonds is 7. The van der Waals surface area contributed by atoms with Crippen molar-refractivity contribution in [1.29, 1.82) is 0 Å². The van der Waals surface area contributed by atoms with Gasteiger partial charge in [-0.25, -0.2) is 14.2 Å². The summed E-state index contributed by atoms with van der Waals surface area (Å²) in [5.74, 6) is -1.55. The van der Waals surface area contributed by atoms with Crippen molar-refractivity contribution in [1.82, 2.24) is 14.7 Å². The molecule has 6 aromatic rings. The lowest BCUT2D eigenvalue weighted by atomic mass is 10.0. The number of carbonyl (C=O) groups excluding carboxylic acids is 1. The zero-order valence-corrected chi connectivity index (χ0v) is 21.3. The van der Waals surface area contributed by atoms with Crippen LogP contribution in [0.1, 0.15) is 37.7 Å². The second-order valence-corrected chi connectivity index (χ2v) is 9.63. The molecule has 0 aliphatic rings. The van der Waals surface area contributed by atoms with Gasteiger partial charge in [-0.2, -0.15) is 0 Å². The molecule has 4 aromatic carbocycles. The van der Waals surface area contributed by atoms with Gasteiger partial charge in [0.15, 0.2) is 0 Å². The van der Waals surface area contributed by atoms with E-state index in [1.54, 1.807) is 24.4 Å². The van der Waals surface area contributed by atoms with E-state index < -0.39 is 5.97 Å². The fourth-order valence-corrected chi connectivity index (χ4v) is 4.89. The Morgan fingerprint density at radius 2 is 1.52 bits per heavy atom. The molecule has 7 heteroatoms. The van der Waals surface area contributed by atoms with Gasteiger partial charge in [0.2, 0.25) is 0 Å². The number of carboxylic acids is 1. The Morgan fingerprint density at radius 1 is 0.800 bits per heavy atom. The Kier molecular flexibility index (Phi) is 6.54. The first-order valence-electron chi connectivity index (χ1n) is 12.8. The van der Waals surface area contributed by atoms with E-state index in [-0.39, 0.29) is 23.8 Å². The molecular formula is C33H24FN3O3. The molecule has 2 heterocycles. The largest absolute Gasteiger partial charge is 0.478 e. The number of nitrogens with zero attached hydrogens (tertiary/aromatic N) is 2. The van der Waals surface area contributed by atoms with Crippen molar-refractivity contribution in [2.75, 3.05) is 0 Å². The summed E-state index contributed by atoms with van der Waals surface area (Å²) in [4.78, 5) is 29.4. The number of amides is 1. The van der Waals surface area contributed by atoms with E-state index in [1.165, 1.54) is 24.3 Å². The van der Waals surface area contributed by atoms with Crippen molar-refractivity contribution in [2.24, 2.45) is 0 Å². The highest BCUT2D eigenvalue weighted by Crippen LogP contribution is 2.26. The zero-order valence-electron chi connectivity index (χ0n) is 21.3. The number of carboxylic acid groups (broad SMARTS) is 1. The summed E-state index contributed by atoms with van der Waals surface area (Å²) in [6.07, 6.45) is 2.30. The number of hydrogen-bond acceptors (Lipinski definition) is 3. The van der Waals surface area contributed by atoms with E-state index in [1.807, 2.05) is 65.1 Å². The number of carbonyl (C=O) groups is 2. The standard InChI is InChI=1S/C33H24FN3O3/c34-28-13-12-25-14-22(8-11-26(25)16-28)15-29-20-35-31-18-27(23-4-2-1-3-5-23)17-30(37(29)31)32(38)36-19-21-6-9-24(10-7-21)33(39)40/h1-14,16-18,20H,15,19H2,(H,36,38)(H,39,40). The van der Waals surface area contributed by atoms with Gasteiger partial charge >= 0.3 is 5.97 Å². The second kappa shape index (κ2) is 10.5. The van der Waals surface area contributed by atoms with Crippen LogP contribution in [0, 0.1) is 5.82 Å². The third kappa shape index (κ3) is 5.05. The molecule has 0 aliphatic carbocycles. The van der Waals surface area contributed by atoms with Crippen LogP contribution in [0.5, 0.6) is 0 Å². The smallest absolute Gasteiger partial charge is 0.335 e. The van der Waals surface area contributed by atoms with Crippen LogP contribution in [0.3, 0.4) is 0 Å². The minimum atomic E-state index is -0.998. The molecule has 6 rings (SSSR count). The number of imidazole rings is 1. The van der Waals surface area contributed by atoms with Gasteiger partial charge < -0.3 is 10.4 Å². The van der Waals surface area contributed by atoms with Crippen LogP contribution in [0.2, 0.25) is 0 Å². The van der Waals surface area contributed by atoms with Crippen molar-refractivity contribution in [2.45, 2.75) is 13.0 Å².